The molecular weight excluding hydrogens is 246 g/mol. The number of anilines is 1. The lowest BCUT2D eigenvalue weighted by atomic mass is 9.82. The molecule has 0 saturated carbocycles. The minimum absolute atomic E-state index is 0.337. The summed E-state index contributed by atoms with van der Waals surface area (Å²) in [6.45, 7) is 5.03. The normalized spacial score (nSPS) is 24.9. The molecule has 98 valence electrons. The molecule has 2 aliphatic rings. The third-order valence-corrected chi connectivity index (χ3v) is 4.89. The van der Waals surface area contributed by atoms with E-state index in [1.807, 2.05) is 23.9 Å². The Morgan fingerprint density at radius 3 is 2.94 bits per heavy atom. The molecule has 0 aliphatic carbocycles. The molecule has 4 heteroatoms. The minimum atomic E-state index is 0.337. The predicted octanol–water partition coefficient (Wildman–Crippen LogP) is 3.36. The van der Waals surface area contributed by atoms with Gasteiger partial charge >= 0.3 is 0 Å². The van der Waals surface area contributed by atoms with Crippen molar-refractivity contribution in [1.82, 2.24) is 0 Å². The van der Waals surface area contributed by atoms with E-state index in [4.69, 9.17) is 9.47 Å². The van der Waals surface area contributed by atoms with E-state index in [1.54, 1.807) is 0 Å². The van der Waals surface area contributed by atoms with Crippen LogP contribution in [0.3, 0.4) is 0 Å². The van der Waals surface area contributed by atoms with Gasteiger partial charge in [-0.1, -0.05) is 13.8 Å². The van der Waals surface area contributed by atoms with Crippen molar-refractivity contribution in [3.63, 3.8) is 0 Å². The number of hydrogen-bond donors (Lipinski definition) is 1. The molecule has 1 unspecified atom stereocenters. The molecule has 3 rings (SSSR count). The van der Waals surface area contributed by atoms with Crippen molar-refractivity contribution in [2.75, 3.05) is 23.6 Å². The lowest BCUT2D eigenvalue weighted by molar-refractivity contribution is 0.174. The fraction of sp³-hybridized carbons (Fsp3) is 0.571. The number of hydrogen-bond acceptors (Lipinski definition) is 4. The average molecular weight is 265 g/mol. The van der Waals surface area contributed by atoms with Crippen LogP contribution >= 0.6 is 11.8 Å². The summed E-state index contributed by atoms with van der Waals surface area (Å²) in [6.07, 6.45) is 1.26. The lowest BCUT2D eigenvalue weighted by Gasteiger charge is -2.39. The quantitative estimate of drug-likeness (QED) is 0.888. The van der Waals surface area contributed by atoms with Crippen LogP contribution in [0.5, 0.6) is 11.5 Å². The first-order valence-electron chi connectivity index (χ1n) is 6.39. The second-order valence-corrected chi connectivity index (χ2v) is 6.73. The first-order chi connectivity index (χ1) is 8.65. The Kier molecular flexibility index (Phi) is 3.06. The zero-order chi connectivity index (χ0) is 12.6. The van der Waals surface area contributed by atoms with Crippen LogP contribution < -0.4 is 14.8 Å². The Morgan fingerprint density at radius 2 is 2.11 bits per heavy atom. The number of nitrogens with one attached hydrogen (secondary N) is 1. The Hall–Kier alpha value is -1.03. The maximum absolute atomic E-state index is 5.41. The topological polar surface area (TPSA) is 30.5 Å². The fourth-order valence-electron chi connectivity index (χ4n) is 2.36. The Balaban J connectivity index is 1.76. The van der Waals surface area contributed by atoms with Crippen molar-refractivity contribution in [3.05, 3.63) is 18.2 Å². The molecule has 1 aromatic carbocycles. The molecular formula is C14H19NO2S. The van der Waals surface area contributed by atoms with Gasteiger partial charge in [0.05, 0.1) is 0 Å². The number of rotatable bonds is 2. The highest BCUT2D eigenvalue weighted by atomic mass is 32.2. The number of fused-ring (bicyclic) bond motifs is 1. The van der Waals surface area contributed by atoms with Crippen LogP contribution in [0.25, 0.3) is 0 Å². The summed E-state index contributed by atoms with van der Waals surface area (Å²) in [5.41, 5.74) is 1.47. The van der Waals surface area contributed by atoms with Crippen molar-refractivity contribution in [2.24, 2.45) is 5.41 Å². The van der Waals surface area contributed by atoms with Gasteiger partial charge in [0.2, 0.25) is 6.79 Å². The Bertz CT molecular complexity index is 447. The second kappa shape index (κ2) is 4.57. The van der Waals surface area contributed by atoms with Gasteiger partial charge in [-0.2, -0.15) is 11.8 Å². The number of benzene rings is 1. The molecule has 0 radical (unpaired) electrons. The van der Waals surface area contributed by atoms with Crippen LogP contribution in [0.1, 0.15) is 20.3 Å². The highest BCUT2D eigenvalue weighted by Crippen LogP contribution is 2.38. The molecule has 1 atom stereocenters. The van der Waals surface area contributed by atoms with Crippen molar-refractivity contribution in [3.8, 4) is 11.5 Å². The van der Waals surface area contributed by atoms with E-state index in [1.165, 1.54) is 17.9 Å². The Morgan fingerprint density at radius 1 is 1.28 bits per heavy atom. The third kappa shape index (κ3) is 2.26. The van der Waals surface area contributed by atoms with Gasteiger partial charge in [0.15, 0.2) is 11.5 Å². The van der Waals surface area contributed by atoms with E-state index in [0.717, 1.165) is 17.2 Å². The average Bonchev–Trinajstić information content (AvgIpc) is 2.79. The van der Waals surface area contributed by atoms with Crippen LogP contribution in [0.2, 0.25) is 0 Å². The van der Waals surface area contributed by atoms with Crippen molar-refractivity contribution in [1.29, 1.82) is 0 Å². The van der Waals surface area contributed by atoms with Gasteiger partial charge in [0.1, 0.15) is 0 Å². The highest BCUT2D eigenvalue weighted by Gasteiger charge is 2.32. The number of thioether (sulfide) groups is 1. The molecule has 18 heavy (non-hydrogen) atoms. The van der Waals surface area contributed by atoms with Gasteiger partial charge in [-0.3, -0.25) is 0 Å². The summed E-state index contributed by atoms with van der Waals surface area (Å²) in [7, 11) is 0. The van der Waals surface area contributed by atoms with E-state index >= 15 is 0 Å². The van der Waals surface area contributed by atoms with Crippen molar-refractivity contribution < 1.29 is 9.47 Å². The molecule has 2 heterocycles. The van der Waals surface area contributed by atoms with Gasteiger partial charge in [0, 0.05) is 23.5 Å². The lowest BCUT2D eigenvalue weighted by Crippen LogP contribution is -2.41. The zero-order valence-electron chi connectivity index (χ0n) is 10.9. The second-order valence-electron chi connectivity index (χ2n) is 5.58. The molecule has 0 spiro atoms. The van der Waals surface area contributed by atoms with Crippen LogP contribution in [0, 0.1) is 5.41 Å². The first kappa shape index (κ1) is 12.0. The monoisotopic (exact) mass is 265 g/mol. The summed E-state index contributed by atoms with van der Waals surface area (Å²) >= 11 is 2.03. The van der Waals surface area contributed by atoms with E-state index < -0.39 is 0 Å². The van der Waals surface area contributed by atoms with Gasteiger partial charge in [-0.05, 0) is 29.7 Å². The zero-order valence-corrected chi connectivity index (χ0v) is 11.7. The SMILES string of the molecule is CC1(C)CCSCC1Nc1ccc2c(c1)OCO2. The maximum atomic E-state index is 5.41. The predicted molar refractivity (Wildman–Crippen MR) is 75.7 cm³/mol. The molecule has 1 fully saturated rings. The van der Waals surface area contributed by atoms with Crippen molar-refractivity contribution >= 4 is 17.4 Å². The largest absolute Gasteiger partial charge is 0.454 e. The molecule has 0 aromatic heterocycles. The van der Waals surface area contributed by atoms with Crippen LogP contribution in [-0.2, 0) is 0 Å². The van der Waals surface area contributed by atoms with Gasteiger partial charge in [-0.25, -0.2) is 0 Å². The molecule has 1 N–H and O–H groups in total. The third-order valence-electron chi connectivity index (χ3n) is 3.83. The molecule has 0 bridgehead atoms. The van der Waals surface area contributed by atoms with Crippen LogP contribution in [-0.4, -0.2) is 24.3 Å². The maximum Gasteiger partial charge on any atom is 0.231 e. The van der Waals surface area contributed by atoms with Crippen LogP contribution in [0.15, 0.2) is 18.2 Å². The highest BCUT2D eigenvalue weighted by molar-refractivity contribution is 7.99. The van der Waals surface area contributed by atoms with E-state index in [2.05, 4.69) is 25.2 Å². The molecule has 1 aromatic rings. The summed E-state index contributed by atoms with van der Waals surface area (Å²) in [4.78, 5) is 0. The van der Waals surface area contributed by atoms with Crippen molar-refractivity contribution in [2.45, 2.75) is 26.3 Å². The molecule has 1 saturated heterocycles. The smallest absolute Gasteiger partial charge is 0.231 e. The minimum Gasteiger partial charge on any atom is -0.454 e. The summed E-state index contributed by atoms with van der Waals surface area (Å²) < 4.78 is 10.7. The van der Waals surface area contributed by atoms with Gasteiger partial charge < -0.3 is 14.8 Å². The molecule has 3 nitrogen and oxygen atoms in total. The first-order valence-corrected chi connectivity index (χ1v) is 7.54. The standard InChI is InChI=1S/C14H19NO2S/c1-14(2)5-6-18-8-13(14)15-10-3-4-11-12(7-10)17-9-16-11/h3-4,7,13,15H,5-6,8-9H2,1-2H3. The van der Waals surface area contributed by atoms with Gasteiger partial charge in [0.25, 0.3) is 0 Å². The number of ether oxygens (including phenoxy) is 2. The van der Waals surface area contributed by atoms with Crippen LogP contribution in [0.4, 0.5) is 5.69 Å². The summed E-state index contributed by atoms with van der Waals surface area (Å²) in [6, 6.07) is 6.60. The molecule has 0 amide bonds. The summed E-state index contributed by atoms with van der Waals surface area (Å²) in [5.74, 6) is 4.13. The summed E-state index contributed by atoms with van der Waals surface area (Å²) in [5, 5.41) is 3.64. The van der Waals surface area contributed by atoms with Gasteiger partial charge in [-0.15, -0.1) is 0 Å². The fourth-order valence-corrected chi connectivity index (χ4v) is 3.97. The Labute approximate surface area is 112 Å². The van der Waals surface area contributed by atoms with E-state index in [9.17, 15) is 0 Å². The van der Waals surface area contributed by atoms with E-state index in [-0.39, 0.29) is 0 Å². The molecule has 2 aliphatic heterocycles. The van der Waals surface area contributed by atoms with E-state index in [0.29, 0.717) is 18.2 Å².